The molecule has 0 unspecified atom stereocenters. The van der Waals surface area contributed by atoms with Crippen LogP contribution in [0.25, 0.3) is 98.6 Å². The van der Waals surface area contributed by atoms with Crippen LogP contribution in [0.2, 0.25) is 0 Å². The van der Waals surface area contributed by atoms with Crippen LogP contribution < -0.4 is 0 Å². The molecule has 0 radical (unpaired) electrons. The topological polar surface area (TPSA) is 25.8 Å². The zero-order chi connectivity index (χ0) is 36.6. The minimum atomic E-state index is 0.739. The summed E-state index contributed by atoms with van der Waals surface area (Å²) in [5.74, 6) is 0.739. The average Bonchev–Trinajstić information content (AvgIpc) is 3.66. The van der Waals surface area contributed by atoms with E-state index in [1.807, 2.05) is 6.07 Å². The monoisotopic (exact) mass is 718 g/mol. The van der Waals surface area contributed by atoms with Gasteiger partial charge in [0.1, 0.15) is 4.83 Å². The number of benzene rings is 8. The van der Waals surface area contributed by atoms with Crippen molar-refractivity contribution in [3.63, 3.8) is 0 Å². The second kappa shape index (κ2) is 14.1. The summed E-state index contributed by atoms with van der Waals surface area (Å²) in [7, 11) is 0. The van der Waals surface area contributed by atoms with E-state index in [-0.39, 0.29) is 0 Å². The van der Waals surface area contributed by atoms with Crippen molar-refractivity contribution in [2.45, 2.75) is 0 Å². The zero-order valence-corrected chi connectivity index (χ0v) is 30.7. The first-order valence-corrected chi connectivity index (χ1v) is 19.4. The zero-order valence-electron chi connectivity index (χ0n) is 29.9. The lowest BCUT2D eigenvalue weighted by molar-refractivity contribution is 1.24. The first-order valence-electron chi connectivity index (χ1n) is 18.6. The van der Waals surface area contributed by atoms with Gasteiger partial charge >= 0.3 is 0 Å². The molecule has 0 saturated heterocycles. The van der Waals surface area contributed by atoms with Crippen molar-refractivity contribution in [2.24, 2.45) is 0 Å². The fourth-order valence-electron chi connectivity index (χ4n) is 7.49. The van der Waals surface area contributed by atoms with Gasteiger partial charge in [0.05, 0.1) is 5.69 Å². The number of aromatic nitrogens is 2. The quantitative estimate of drug-likeness (QED) is 0.164. The average molecular weight is 719 g/mol. The van der Waals surface area contributed by atoms with Crippen molar-refractivity contribution in [3.8, 4) is 78.3 Å². The molecule has 0 saturated carbocycles. The second-order valence-corrected chi connectivity index (χ2v) is 14.8. The van der Waals surface area contributed by atoms with E-state index in [2.05, 4.69) is 200 Å². The molecule has 2 heterocycles. The number of hydrogen-bond donors (Lipinski definition) is 0. The molecule has 0 spiro atoms. The van der Waals surface area contributed by atoms with Crippen LogP contribution in [0.15, 0.2) is 206 Å². The third kappa shape index (κ3) is 6.41. The van der Waals surface area contributed by atoms with Gasteiger partial charge in [-0.25, -0.2) is 9.97 Å². The van der Waals surface area contributed by atoms with Crippen LogP contribution in [0, 0.1) is 0 Å². The highest BCUT2D eigenvalue weighted by Crippen LogP contribution is 2.40. The molecule has 10 rings (SSSR count). The molecule has 55 heavy (non-hydrogen) atoms. The highest BCUT2D eigenvalue weighted by molar-refractivity contribution is 7.25. The highest BCUT2D eigenvalue weighted by atomic mass is 32.1. The van der Waals surface area contributed by atoms with Crippen LogP contribution in [0.1, 0.15) is 0 Å². The van der Waals surface area contributed by atoms with Crippen LogP contribution in [0.4, 0.5) is 0 Å². The number of thiophene rings is 1. The van der Waals surface area contributed by atoms with Crippen LogP contribution in [0.5, 0.6) is 0 Å². The van der Waals surface area contributed by atoms with Crippen molar-refractivity contribution < 1.29 is 0 Å². The third-order valence-corrected chi connectivity index (χ3v) is 11.4. The van der Waals surface area contributed by atoms with Crippen molar-refractivity contribution in [2.75, 3.05) is 0 Å². The molecule has 2 nitrogen and oxygen atoms in total. The second-order valence-electron chi connectivity index (χ2n) is 13.8. The predicted octanol–water partition coefficient (Wildman–Crippen LogP) is 14.5. The molecule has 0 aliphatic rings. The molecule has 258 valence electrons. The molecule has 10 aromatic rings. The Bertz CT molecular complexity index is 2880. The highest BCUT2D eigenvalue weighted by Gasteiger charge is 2.17. The van der Waals surface area contributed by atoms with E-state index >= 15 is 0 Å². The predicted molar refractivity (Wildman–Crippen MR) is 233 cm³/mol. The van der Waals surface area contributed by atoms with E-state index in [0.29, 0.717) is 0 Å². The van der Waals surface area contributed by atoms with Gasteiger partial charge in [0.15, 0.2) is 5.82 Å². The van der Waals surface area contributed by atoms with E-state index in [4.69, 9.17) is 9.97 Å². The standard InChI is InChI=1S/C52H34N2S/c1-4-13-35(14-5-1)44-32-45(36-15-6-2-7-16-36)34-46(33-44)39-25-23-37(24-26-39)42-19-12-20-43(31-42)38-27-29-41(30-28-38)51-53-50(40-17-8-3-9-18-40)49-47-21-10-11-22-48(47)55-52(49)54-51/h1-34H. The summed E-state index contributed by atoms with van der Waals surface area (Å²) in [6.45, 7) is 0. The van der Waals surface area contributed by atoms with Gasteiger partial charge in [0, 0.05) is 26.6 Å². The Kier molecular flexibility index (Phi) is 8.40. The van der Waals surface area contributed by atoms with Gasteiger partial charge in [-0.3, -0.25) is 0 Å². The molecule has 0 aliphatic heterocycles. The van der Waals surface area contributed by atoms with Gasteiger partial charge in [-0.15, -0.1) is 11.3 Å². The van der Waals surface area contributed by atoms with Gasteiger partial charge in [0.2, 0.25) is 0 Å². The van der Waals surface area contributed by atoms with Crippen molar-refractivity contribution >= 4 is 31.6 Å². The summed E-state index contributed by atoms with van der Waals surface area (Å²) < 4.78 is 1.22. The summed E-state index contributed by atoms with van der Waals surface area (Å²) in [6, 6.07) is 73.5. The lowest BCUT2D eigenvalue weighted by Crippen LogP contribution is -1.93. The SMILES string of the molecule is c1ccc(-c2cc(-c3ccccc3)cc(-c3ccc(-c4cccc(-c5ccc(-c6nc(-c7ccccc7)c7c(n6)sc6ccccc67)cc5)c4)cc3)c2)cc1. The maximum absolute atomic E-state index is 5.18. The smallest absolute Gasteiger partial charge is 0.161 e. The van der Waals surface area contributed by atoms with Gasteiger partial charge in [-0.2, -0.15) is 0 Å². The lowest BCUT2D eigenvalue weighted by atomic mass is 9.92. The summed E-state index contributed by atoms with van der Waals surface area (Å²) >= 11 is 1.73. The van der Waals surface area contributed by atoms with Gasteiger partial charge in [-0.1, -0.05) is 176 Å². The fourth-order valence-corrected chi connectivity index (χ4v) is 8.57. The molecule has 0 atom stereocenters. The van der Waals surface area contributed by atoms with Gasteiger partial charge in [0.25, 0.3) is 0 Å². The Hall–Kier alpha value is -6.94. The Morgan fingerprint density at radius 1 is 0.291 bits per heavy atom. The van der Waals surface area contributed by atoms with Gasteiger partial charge < -0.3 is 0 Å². The molecular weight excluding hydrogens is 685 g/mol. The summed E-state index contributed by atoms with van der Waals surface area (Å²) in [4.78, 5) is 11.3. The summed E-state index contributed by atoms with van der Waals surface area (Å²) in [5, 5.41) is 2.32. The van der Waals surface area contributed by atoms with Crippen molar-refractivity contribution in [3.05, 3.63) is 206 Å². The maximum Gasteiger partial charge on any atom is 0.161 e. The first-order chi connectivity index (χ1) is 27.2. The first kappa shape index (κ1) is 32.7. The molecular formula is C52H34N2S. The molecule has 2 aromatic heterocycles. The number of fused-ring (bicyclic) bond motifs is 3. The maximum atomic E-state index is 5.18. The van der Waals surface area contributed by atoms with E-state index < -0.39 is 0 Å². The molecule has 8 aromatic carbocycles. The summed E-state index contributed by atoms with van der Waals surface area (Å²) in [5.41, 5.74) is 15.0. The Morgan fingerprint density at radius 3 is 1.24 bits per heavy atom. The minimum Gasteiger partial charge on any atom is -0.227 e. The molecule has 3 heteroatoms. The van der Waals surface area contributed by atoms with E-state index in [0.717, 1.165) is 38.4 Å². The van der Waals surface area contributed by atoms with Crippen molar-refractivity contribution in [1.29, 1.82) is 0 Å². The Morgan fingerprint density at radius 2 is 0.691 bits per heavy atom. The minimum absolute atomic E-state index is 0.739. The largest absolute Gasteiger partial charge is 0.227 e. The molecule has 0 bridgehead atoms. The fraction of sp³-hybridized carbons (Fsp3) is 0. The molecule has 0 amide bonds. The molecule has 0 aliphatic carbocycles. The van der Waals surface area contributed by atoms with Crippen LogP contribution in [-0.4, -0.2) is 9.97 Å². The number of rotatable bonds is 7. The number of nitrogens with zero attached hydrogens (tertiary/aromatic N) is 2. The summed E-state index contributed by atoms with van der Waals surface area (Å²) in [6.07, 6.45) is 0. The normalized spacial score (nSPS) is 11.3. The Balaban J connectivity index is 0.955. The number of hydrogen-bond acceptors (Lipinski definition) is 3. The van der Waals surface area contributed by atoms with Crippen LogP contribution in [-0.2, 0) is 0 Å². The third-order valence-electron chi connectivity index (χ3n) is 10.3. The molecule has 0 fully saturated rings. The van der Waals surface area contributed by atoms with Crippen LogP contribution >= 0.6 is 11.3 Å². The van der Waals surface area contributed by atoms with E-state index in [9.17, 15) is 0 Å². The Labute approximate surface area is 324 Å². The van der Waals surface area contributed by atoms with Crippen molar-refractivity contribution in [1.82, 2.24) is 9.97 Å². The molecule has 0 N–H and O–H groups in total. The van der Waals surface area contributed by atoms with Gasteiger partial charge in [-0.05, 0) is 86.0 Å². The van der Waals surface area contributed by atoms with Crippen LogP contribution in [0.3, 0.4) is 0 Å². The van der Waals surface area contributed by atoms with E-state index in [1.165, 1.54) is 60.2 Å². The van der Waals surface area contributed by atoms with E-state index in [1.54, 1.807) is 11.3 Å². The lowest BCUT2D eigenvalue weighted by Gasteiger charge is -2.12.